The summed E-state index contributed by atoms with van der Waals surface area (Å²) >= 11 is 6.20. The average molecular weight is 481 g/mol. The molecule has 7 heteroatoms. The molecule has 4 rings (SSSR count). The van der Waals surface area contributed by atoms with Crippen molar-refractivity contribution in [2.24, 2.45) is 0 Å². The van der Waals surface area contributed by atoms with E-state index in [1.165, 1.54) is 4.57 Å². The van der Waals surface area contributed by atoms with Crippen LogP contribution in [-0.4, -0.2) is 30.7 Å². The molecule has 0 atom stereocenters. The Morgan fingerprint density at radius 1 is 0.879 bits per heavy atom. The number of benzene rings is 3. The Hall–Kier alpha value is -2.93. The number of hydrogen-bond acceptors (Lipinski definition) is 4. The minimum atomic E-state index is -3.53. The van der Waals surface area contributed by atoms with Crippen LogP contribution in [0.3, 0.4) is 0 Å². The maximum absolute atomic E-state index is 13.4. The molecule has 0 bridgehead atoms. The van der Waals surface area contributed by atoms with E-state index in [1.54, 1.807) is 42.5 Å². The highest BCUT2D eigenvalue weighted by atomic mass is 35.5. The van der Waals surface area contributed by atoms with Crippen LogP contribution in [0.2, 0.25) is 5.02 Å². The maximum Gasteiger partial charge on any atom is 0.255 e. The highest BCUT2D eigenvalue weighted by Gasteiger charge is 2.17. The molecule has 4 aromatic rings. The van der Waals surface area contributed by atoms with Crippen LogP contribution in [0, 0.1) is 0 Å². The predicted octanol–water partition coefficient (Wildman–Crippen LogP) is 4.76. The number of aromatic nitrogens is 1. The van der Waals surface area contributed by atoms with Gasteiger partial charge in [-0.05, 0) is 48.3 Å². The average Bonchev–Trinajstić information content (AvgIpc) is 2.80. The van der Waals surface area contributed by atoms with Crippen molar-refractivity contribution >= 4 is 32.3 Å². The number of rotatable bonds is 8. The van der Waals surface area contributed by atoms with Gasteiger partial charge in [0, 0.05) is 30.2 Å². The Bertz CT molecular complexity index is 1420. The molecule has 1 heterocycles. The molecular formula is C26H25ClN2O3S. The zero-order valence-corrected chi connectivity index (χ0v) is 19.9. The van der Waals surface area contributed by atoms with E-state index in [4.69, 9.17) is 11.6 Å². The van der Waals surface area contributed by atoms with E-state index in [-0.39, 0.29) is 22.8 Å². The van der Waals surface area contributed by atoms with Crippen molar-refractivity contribution in [1.82, 2.24) is 9.47 Å². The third-order valence-electron chi connectivity index (χ3n) is 5.55. The smallest absolute Gasteiger partial charge is 0.255 e. The lowest BCUT2D eigenvalue weighted by Crippen LogP contribution is -2.30. The molecule has 33 heavy (non-hydrogen) atoms. The SMILES string of the molecule is CN(Cc1ccccc1)Cc1cc2ccc(Cl)cc2n(CCS(=O)(=O)c2ccccc2)c1=O. The Morgan fingerprint density at radius 3 is 2.24 bits per heavy atom. The third kappa shape index (κ3) is 5.53. The number of halogens is 1. The van der Waals surface area contributed by atoms with Crippen LogP contribution in [0.5, 0.6) is 0 Å². The number of fused-ring (bicyclic) bond motifs is 1. The minimum absolute atomic E-state index is 0.0448. The van der Waals surface area contributed by atoms with Crippen molar-refractivity contribution in [2.45, 2.75) is 24.5 Å². The molecular weight excluding hydrogens is 456 g/mol. The van der Waals surface area contributed by atoms with Gasteiger partial charge in [0.2, 0.25) is 0 Å². The first-order chi connectivity index (χ1) is 15.8. The molecule has 0 fully saturated rings. The summed E-state index contributed by atoms with van der Waals surface area (Å²) in [4.78, 5) is 15.8. The van der Waals surface area contributed by atoms with Gasteiger partial charge in [0.15, 0.2) is 9.84 Å². The van der Waals surface area contributed by atoms with Crippen LogP contribution >= 0.6 is 11.6 Å². The topological polar surface area (TPSA) is 59.4 Å². The van der Waals surface area contributed by atoms with Gasteiger partial charge in [0.1, 0.15) is 0 Å². The second kappa shape index (κ2) is 9.91. The van der Waals surface area contributed by atoms with Crippen LogP contribution in [0.15, 0.2) is 94.6 Å². The molecule has 0 unspecified atom stereocenters. The fourth-order valence-electron chi connectivity index (χ4n) is 3.94. The molecule has 170 valence electrons. The van der Waals surface area contributed by atoms with Crippen LogP contribution in [-0.2, 0) is 29.5 Å². The number of aryl methyl sites for hydroxylation is 1. The molecule has 0 spiro atoms. The second-order valence-corrected chi connectivity index (χ2v) is 10.7. The summed E-state index contributed by atoms with van der Waals surface area (Å²) in [5, 5.41) is 1.34. The first-order valence-electron chi connectivity index (χ1n) is 10.7. The summed E-state index contributed by atoms with van der Waals surface area (Å²) in [6.07, 6.45) is 0. The minimum Gasteiger partial charge on any atom is -0.307 e. The quantitative estimate of drug-likeness (QED) is 0.365. The molecule has 0 saturated carbocycles. The first kappa shape index (κ1) is 23.2. The zero-order chi connectivity index (χ0) is 23.4. The van der Waals surface area contributed by atoms with Gasteiger partial charge in [-0.2, -0.15) is 0 Å². The van der Waals surface area contributed by atoms with Crippen molar-refractivity contribution in [3.05, 3.63) is 111 Å². The van der Waals surface area contributed by atoms with E-state index >= 15 is 0 Å². The summed E-state index contributed by atoms with van der Waals surface area (Å²) in [5.74, 6) is -0.179. The molecule has 0 aliphatic carbocycles. The summed E-state index contributed by atoms with van der Waals surface area (Å²) in [6, 6.07) is 25.6. The second-order valence-electron chi connectivity index (χ2n) is 8.12. The highest BCUT2D eigenvalue weighted by molar-refractivity contribution is 7.91. The Morgan fingerprint density at radius 2 is 1.55 bits per heavy atom. The zero-order valence-electron chi connectivity index (χ0n) is 18.3. The molecule has 0 amide bonds. The third-order valence-corrected chi connectivity index (χ3v) is 7.50. The van der Waals surface area contributed by atoms with Crippen LogP contribution in [0.25, 0.3) is 10.9 Å². The normalized spacial score (nSPS) is 11.8. The van der Waals surface area contributed by atoms with E-state index in [9.17, 15) is 13.2 Å². The van der Waals surface area contributed by atoms with Crippen molar-refractivity contribution in [1.29, 1.82) is 0 Å². The van der Waals surface area contributed by atoms with Crippen molar-refractivity contribution in [3.8, 4) is 0 Å². The highest BCUT2D eigenvalue weighted by Crippen LogP contribution is 2.21. The van der Waals surface area contributed by atoms with Gasteiger partial charge in [0.05, 0.1) is 16.2 Å². The van der Waals surface area contributed by atoms with Crippen molar-refractivity contribution in [3.63, 3.8) is 0 Å². The van der Waals surface area contributed by atoms with Gasteiger partial charge in [-0.1, -0.05) is 66.2 Å². The summed E-state index contributed by atoms with van der Waals surface area (Å²) in [6.45, 7) is 1.18. The largest absolute Gasteiger partial charge is 0.307 e. The molecule has 0 aliphatic heterocycles. The lowest BCUT2D eigenvalue weighted by Gasteiger charge is -2.19. The van der Waals surface area contributed by atoms with Crippen LogP contribution in [0.4, 0.5) is 0 Å². The molecule has 0 aliphatic rings. The van der Waals surface area contributed by atoms with Gasteiger partial charge in [-0.3, -0.25) is 9.69 Å². The lowest BCUT2D eigenvalue weighted by molar-refractivity contribution is 0.317. The molecule has 3 aromatic carbocycles. The Labute approximate surface area is 198 Å². The number of nitrogens with zero attached hydrogens (tertiary/aromatic N) is 2. The molecule has 5 nitrogen and oxygen atoms in total. The van der Waals surface area contributed by atoms with Crippen molar-refractivity contribution < 1.29 is 8.42 Å². The van der Waals surface area contributed by atoms with Gasteiger partial charge in [-0.15, -0.1) is 0 Å². The lowest BCUT2D eigenvalue weighted by atomic mass is 10.1. The van der Waals surface area contributed by atoms with E-state index in [0.717, 1.165) is 10.9 Å². The summed E-state index contributed by atoms with van der Waals surface area (Å²) in [7, 11) is -1.57. The summed E-state index contributed by atoms with van der Waals surface area (Å²) < 4.78 is 27.2. The fourth-order valence-corrected chi connectivity index (χ4v) is 5.34. The Kier molecular flexibility index (Phi) is 6.98. The van der Waals surface area contributed by atoms with Gasteiger partial charge >= 0.3 is 0 Å². The molecule has 0 radical (unpaired) electrons. The maximum atomic E-state index is 13.4. The number of hydrogen-bond donors (Lipinski definition) is 0. The summed E-state index contributed by atoms with van der Waals surface area (Å²) in [5.41, 5.74) is 2.19. The van der Waals surface area contributed by atoms with E-state index in [2.05, 4.69) is 4.90 Å². The Balaban J connectivity index is 1.66. The fraction of sp³-hybridized carbons (Fsp3) is 0.192. The van der Waals surface area contributed by atoms with Crippen molar-refractivity contribution in [2.75, 3.05) is 12.8 Å². The van der Waals surface area contributed by atoms with E-state index < -0.39 is 9.84 Å². The van der Waals surface area contributed by atoms with Crippen LogP contribution < -0.4 is 5.56 Å². The van der Waals surface area contributed by atoms with Crippen LogP contribution in [0.1, 0.15) is 11.1 Å². The first-order valence-corrected chi connectivity index (χ1v) is 12.7. The van der Waals surface area contributed by atoms with E-state index in [1.807, 2.05) is 49.5 Å². The number of sulfone groups is 1. The number of pyridine rings is 1. The van der Waals surface area contributed by atoms with Gasteiger partial charge in [-0.25, -0.2) is 8.42 Å². The molecule has 1 aromatic heterocycles. The van der Waals surface area contributed by atoms with E-state index in [0.29, 0.717) is 29.2 Å². The molecule has 0 saturated heterocycles. The van der Waals surface area contributed by atoms with Gasteiger partial charge < -0.3 is 4.57 Å². The monoisotopic (exact) mass is 480 g/mol. The van der Waals surface area contributed by atoms with Gasteiger partial charge in [0.25, 0.3) is 5.56 Å². The standard InChI is InChI=1S/C26H25ClN2O3S/c1-28(18-20-8-4-2-5-9-20)19-22-16-21-12-13-23(27)17-25(21)29(26(22)30)14-15-33(31,32)24-10-6-3-7-11-24/h2-13,16-17H,14-15,18-19H2,1H3. The predicted molar refractivity (Wildman–Crippen MR) is 133 cm³/mol. The molecule has 0 N–H and O–H groups in total.